The fraction of sp³-hybridized carbons (Fsp3) is 0. The summed E-state index contributed by atoms with van der Waals surface area (Å²) >= 11 is 0. The quantitative estimate of drug-likeness (QED) is 0.331. The van der Waals surface area contributed by atoms with E-state index in [1.165, 1.54) is 0 Å². The third kappa shape index (κ3) is 408. The van der Waals surface area contributed by atoms with Crippen LogP contribution in [0.3, 0.4) is 0 Å². The van der Waals surface area contributed by atoms with Gasteiger partial charge in [-0.25, -0.2) is 4.79 Å². The molecule has 0 aromatic heterocycles. The van der Waals surface area contributed by atoms with Crippen LogP contribution in [-0.4, -0.2) is 26.4 Å². The minimum atomic E-state index is -1.75. The summed E-state index contributed by atoms with van der Waals surface area (Å²) in [6.07, 6.45) is 0. The number of hydrogen-bond acceptors (Lipinski definition) is 13. The van der Waals surface area contributed by atoms with Crippen molar-refractivity contribution in [2.75, 3.05) is 0 Å². The number of nitrogens with two attached hydrogens (primary N) is 2. The minimum absolute atomic E-state index is 0. The Morgan fingerprint density at radius 3 is 0.571 bits per heavy atom. The van der Waals surface area contributed by atoms with Gasteiger partial charge in [0.25, 0.3) is 0 Å². The third-order valence-corrected chi connectivity index (χ3v) is 0. The van der Waals surface area contributed by atoms with Crippen LogP contribution in [0.1, 0.15) is 0 Å². The van der Waals surface area contributed by atoms with Crippen LogP contribution in [0.4, 0.5) is 4.79 Å². The molecule has 0 aliphatic carbocycles. The van der Waals surface area contributed by atoms with Crippen molar-refractivity contribution in [1.29, 1.82) is 0 Å². The van der Waals surface area contributed by atoms with Crippen LogP contribution in [-0.2, 0) is 26.2 Å². The number of carbonyl (C=O) groups is 1. The molecule has 0 unspecified atom stereocenters. The molecule has 0 bridgehead atoms. The summed E-state index contributed by atoms with van der Waals surface area (Å²) in [5.41, 5.74) is 8.50. The maximum Gasteiger partial charge on any atom is 4.00 e. The van der Waals surface area contributed by atoms with E-state index < -0.39 is 26.4 Å². The first-order valence-electron chi connectivity index (χ1n) is 2.97. The van der Waals surface area contributed by atoms with Crippen molar-refractivity contribution < 1.29 is 51.3 Å². The van der Waals surface area contributed by atoms with Crippen molar-refractivity contribution in [3.63, 3.8) is 0 Å². The van der Waals surface area contributed by atoms with E-state index in [2.05, 4.69) is 11.5 Å². The van der Waals surface area contributed by atoms with Gasteiger partial charge < -0.3 is 72.8 Å². The molecule has 0 aliphatic rings. The average molecular weight is 399 g/mol. The summed E-state index contributed by atoms with van der Waals surface area (Å²) in [5.74, 6) is 0. The molecule has 0 aromatic rings. The molecule has 0 saturated carbocycles. The van der Waals surface area contributed by atoms with Crippen molar-refractivity contribution in [2.45, 2.75) is 0 Å². The minimum Gasteiger partial charge on any atom is -0.356 e. The first-order valence-corrected chi connectivity index (χ1v) is 2.97. The molecule has 0 spiro atoms. The van der Waals surface area contributed by atoms with Crippen molar-refractivity contribution in [1.82, 2.24) is 0 Å². The fourth-order valence-electron chi connectivity index (χ4n) is 0. The van der Waals surface area contributed by atoms with Crippen molar-refractivity contribution in [3.05, 3.63) is 61.3 Å². The largest absolute Gasteiger partial charge is 4.00 e. The molecule has 21 heavy (non-hydrogen) atoms. The van der Waals surface area contributed by atoms with Gasteiger partial charge in [0.15, 0.2) is 0 Å². The molecule has 19 nitrogen and oxygen atoms in total. The van der Waals surface area contributed by atoms with Gasteiger partial charge >= 0.3 is 32.2 Å². The van der Waals surface area contributed by atoms with Gasteiger partial charge in [0, 0.05) is 0 Å². The van der Waals surface area contributed by atoms with E-state index in [9.17, 15) is 0 Å². The SMILES string of the molecule is NC(N)=O.O=[N+]([O-])[O-].O=[N+]([O-])[O-].O=[N+]([O-])[O-].O=[N+]([O-])[O-].[Zr+4]. The number of primary amides is 2. The first-order chi connectivity index (χ1) is 8.66. The Kier molecular flexibility index (Phi) is 51.9. The molecule has 4 N–H and O–H groups in total. The molecule has 0 rings (SSSR count). The number of nitrogens with zero attached hydrogens (tertiary/aromatic N) is 4. The number of amides is 2. The van der Waals surface area contributed by atoms with Crippen LogP contribution in [0.5, 0.6) is 0 Å². The van der Waals surface area contributed by atoms with E-state index >= 15 is 0 Å². The predicted octanol–water partition coefficient (Wildman–Crippen LogP) is -1.94. The van der Waals surface area contributed by atoms with Gasteiger partial charge in [0.1, 0.15) is 0 Å². The normalized spacial score (nSPS) is 5.71. The van der Waals surface area contributed by atoms with E-state index in [0.29, 0.717) is 0 Å². The zero-order chi connectivity index (χ0) is 17.9. The van der Waals surface area contributed by atoms with E-state index in [1.54, 1.807) is 0 Å². The molecule has 20 heteroatoms. The van der Waals surface area contributed by atoms with Gasteiger partial charge in [-0.2, -0.15) is 0 Å². The van der Waals surface area contributed by atoms with Gasteiger partial charge in [-0.15, -0.1) is 0 Å². The maximum absolute atomic E-state index is 9.00. The predicted molar refractivity (Wildman–Crippen MR) is 55.2 cm³/mol. The average Bonchev–Trinajstić information content (AvgIpc) is 1.94. The Morgan fingerprint density at radius 2 is 0.571 bits per heavy atom. The van der Waals surface area contributed by atoms with E-state index in [4.69, 9.17) is 66.1 Å². The standard InChI is InChI=1S/CH4N2O.4NO3.Zr/c5*2-1(3)4;/h(H4,2,3,4);;;;;/q;4*-1;+4. The summed E-state index contributed by atoms with van der Waals surface area (Å²) in [7, 11) is 0. The summed E-state index contributed by atoms with van der Waals surface area (Å²) in [6.45, 7) is 0. The summed E-state index contributed by atoms with van der Waals surface area (Å²) in [4.78, 5) is 42.0. The summed E-state index contributed by atoms with van der Waals surface area (Å²) in [5, 5.41) is 59.0. The molecule has 0 atom stereocenters. The molecule has 0 radical (unpaired) electrons. The monoisotopic (exact) mass is 398 g/mol. The Balaban J connectivity index is -0.0000000331. The van der Waals surface area contributed by atoms with Gasteiger partial charge in [0.2, 0.25) is 0 Å². The molecule has 2 amide bonds. The maximum atomic E-state index is 9.00. The first kappa shape index (κ1) is 36.1. The smallest absolute Gasteiger partial charge is 0.356 e. The molecule has 0 saturated heterocycles. The molecule has 120 valence electrons. The Bertz CT molecular complexity index is 213. The number of urea groups is 1. The summed E-state index contributed by atoms with van der Waals surface area (Å²) < 4.78 is 0. The second kappa shape index (κ2) is 30.2. The Labute approximate surface area is 130 Å². The topological polar surface area (TPSA) is 334 Å². The van der Waals surface area contributed by atoms with Crippen LogP contribution in [0.2, 0.25) is 0 Å². The Hall–Kier alpha value is -3.05. The molecule has 0 fully saturated rings. The molecular weight excluding hydrogens is 395 g/mol. The van der Waals surface area contributed by atoms with Crippen molar-refractivity contribution in [3.8, 4) is 0 Å². The van der Waals surface area contributed by atoms with Crippen LogP contribution in [0.15, 0.2) is 0 Å². The van der Waals surface area contributed by atoms with E-state index in [0.717, 1.165) is 0 Å². The van der Waals surface area contributed by atoms with Gasteiger partial charge in [-0.3, -0.25) is 0 Å². The van der Waals surface area contributed by atoms with Gasteiger partial charge in [-0.1, -0.05) is 0 Å². The van der Waals surface area contributed by atoms with E-state index in [-0.39, 0.29) is 26.2 Å². The van der Waals surface area contributed by atoms with Crippen LogP contribution < -0.4 is 11.5 Å². The zero-order valence-electron chi connectivity index (χ0n) is 9.25. The molecule has 0 aliphatic heterocycles. The second-order valence-corrected chi connectivity index (χ2v) is 1.30. The van der Waals surface area contributed by atoms with Crippen LogP contribution >= 0.6 is 0 Å². The fourth-order valence-corrected chi connectivity index (χ4v) is 0. The van der Waals surface area contributed by atoms with Crippen LogP contribution in [0.25, 0.3) is 0 Å². The van der Waals surface area contributed by atoms with Crippen molar-refractivity contribution >= 4 is 6.03 Å². The number of carbonyl (C=O) groups excluding carboxylic acids is 1. The van der Waals surface area contributed by atoms with Gasteiger partial charge in [0.05, 0.1) is 20.3 Å². The molecule has 0 aromatic carbocycles. The van der Waals surface area contributed by atoms with Crippen molar-refractivity contribution in [2.24, 2.45) is 11.5 Å². The number of hydrogen-bond donors (Lipinski definition) is 2. The second-order valence-electron chi connectivity index (χ2n) is 1.30. The van der Waals surface area contributed by atoms with E-state index in [1.807, 2.05) is 0 Å². The zero-order valence-corrected chi connectivity index (χ0v) is 11.7. The third-order valence-electron chi connectivity index (χ3n) is 0. The Morgan fingerprint density at radius 1 is 0.571 bits per heavy atom. The summed E-state index contributed by atoms with van der Waals surface area (Å²) in [6, 6.07) is -0.833. The molecular formula is CH4N6O13Zr. The van der Waals surface area contributed by atoms with Crippen LogP contribution in [0, 0.1) is 61.3 Å². The van der Waals surface area contributed by atoms with Gasteiger partial charge in [-0.05, 0) is 0 Å². The number of rotatable bonds is 0. The molecule has 0 heterocycles.